The molecule has 0 N–H and O–H groups in total. The van der Waals surface area contributed by atoms with Crippen LogP contribution < -0.4 is 0 Å². The quantitative estimate of drug-likeness (QED) is 0.749. The molecule has 5 nitrogen and oxygen atoms in total. The summed E-state index contributed by atoms with van der Waals surface area (Å²) in [5, 5.41) is 3.89. The number of carbonyl (C=O) groups excluding carboxylic acids is 1. The molecule has 0 aliphatic carbocycles. The third-order valence-electron chi connectivity index (χ3n) is 3.44. The molecule has 1 aromatic heterocycles. The van der Waals surface area contributed by atoms with E-state index in [-0.39, 0.29) is 24.9 Å². The van der Waals surface area contributed by atoms with Crippen molar-refractivity contribution in [3.63, 3.8) is 0 Å². The van der Waals surface area contributed by atoms with Gasteiger partial charge in [0.05, 0.1) is 6.61 Å². The second kappa shape index (κ2) is 8.43. The summed E-state index contributed by atoms with van der Waals surface area (Å²) in [6.07, 6.45) is 2.02. The molecule has 0 saturated heterocycles. The first-order valence-corrected chi connectivity index (χ1v) is 7.63. The number of carbonyl (C=O) groups is 1. The predicted octanol–water partition coefficient (Wildman–Crippen LogP) is 3.26. The first kappa shape index (κ1) is 17.1. The molecule has 1 heterocycles. The molecule has 2 rings (SSSR count). The highest BCUT2D eigenvalue weighted by atomic mass is 19.1. The van der Waals surface area contributed by atoms with E-state index in [0.29, 0.717) is 11.5 Å². The predicted molar refractivity (Wildman–Crippen MR) is 84.1 cm³/mol. The third-order valence-corrected chi connectivity index (χ3v) is 3.44. The second-order valence-corrected chi connectivity index (χ2v) is 5.35. The van der Waals surface area contributed by atoms with Crippen molar-refractivity contribution in [1.29, 1.82) is 0 Å². The Labute approximate surface area is 135 Å². The highest BCUT2D eigenvalue weighted by Gasteiger charge is 2.10. The Morgan fingerprint density at radius 3 is 2.78 bits per heavy atom. The molecule has 2 aromatic rings. The van der Waals surface area contributed by atoms with Gasteiger partial charge in [-0.25, -0.2) is 4.39 Å². The number of nitrogens with zero attached hydrogens (tertiary/aromatic N) is 2. The number of amides is 1. The lowest BCUT2D eigenvalue weighted by Gasteiger charge is -2.16. The van der Waals surface area contributed by atoms with Gasteiger partial charge in [-0.1, -0.05) is 18.5 Å². The maximum Gasteiger partial charge on any atom is 0.248 e. The van der Waals surface area contributed by atoms with Gasteiger partial charge in [0.2, 0.25) is 5.91 Å². The van der Waals surface area contributed by atoms with E-state index in [2.05, 4.69) is 12.1 Å². The maximum absolute atomic E-state index is 12.9. The number of benzene rings is 1. The minimum absolute atomic E-state index is 0.0129. The van der Waals surface area contributed by atoms with Crippen LogP contribution in [0.1, 0.15) is 25.5 Å². The lowest BCUT2D eigenvalue weighted by molar-refractivity contribution is -0.135. The standard InChI is InChI=1S/C17H21FN2O3/c1-3-4-9-20(2)17(21)12-22-11-15-10-16(23-19-15)13-5-7-14(18)8-6-13/h5-8,10H,3-4,9,11-12H2,1-2H3. The summed E-state index contributed by atoms with van der Waals surface area (Å²) in [7, 11) is 1.77. The molecule has 1 aromatic carbocycles. The van der Waals surface area contributed by atoms with Crippen molar-refractivity contribution in [2.24, 2.45) is 0 Å². The van der Waals surface area contributed by atoms with E-state index in [0.717, 1.165) is 24.9 Å². The molecule has 23 heavy (non-hydrogen) atoms. The number of ether oxygens (including phenoxy) is 1. The van der Waals surface area contributed by atoms with Gasteiger partial charge in [0.25, 0.3) is 0 Å². The molecule has 0 aliphatic rings. The van der Waals surface area contributed by atoms with Gasteiger partial charge in [-0.3, -0.25) is 4.79 Å². The fraction of sp³-hybridized carbons (Fsp3) is 0.412. The Hall–Kier alpha value is -2.21. The van der Waals surface area contributed by atoms with Crippen LogP contribution in [0.2, 0.25) is 0 Å². The van der Waals surface area contributed by atoms with E-state index in [1.54, 1.807) is 30.1 Å². The zero-order chi connectivity index (χ0) is 16.7. The fourth-order valence-corrected chi connectivity index (χ4v) is 2.00. The summed E-state index contributed by atoms with van der Waals surface area (Å²) >= 11 is 0. The summed E-state index contributed by atoms with van der Waals surface area (Å²) in [5.41, 5.74) is 1.33. The van der Waals surface area contributed by atoms with Crippen molar-refractivity contribution in [1.82, 2.24) is 10.1 Å². The van der Waals surface area contributed by atoms with E-state index in [9.17, 15) is 9.18 Å². The lowest BCUT2D eigenvalue weighted by Crippen LogP contribution is -2.31. The van der Waals surface area contributed by atoms with Crippen LogP contribution in [0.25, 0.3) is 11.3 Å². The topological polar surface area (TPSA) is 55.6 Å². The number of hydrogen-bond acceptors (Lipinski definition) is 4. The monoisotopic (exact) mass is 320 g/mol. The molecule has 6 heteroatoms. The minimum atomic E-state index is -0.303. The Morgan fingerprint density at radius 2 is 2.09 bits per heavy atom. The second-order valence-electron chi connectivity index (χ2n) is 5.35. The van der Waals surface area contributed by atoms with Gasteiger partial charge in [0.15, 0.2) is 5.76 Å². The van der Waals surface area contributed by atoms with Crippen LogP contribution in [0.4, 0.5) is 4.39 Å². The maximum atomic E-state index is 12.9. The van der Waals surface area contributed by atoms with Crippen molar-refractivity contribution in [3.8, 4) is 11.3 Å². The Balaban J connectivity index is 1.81. The minimum Gasteiger partial charge on any atom is -0.365 e. The Kier molecular flexibility index (Phi) is 6.29. The highest BCUT2D eigenvalue weighted by molar-refractivity contribution is 5.77. The van der Waals surface area contributed by atoms with Crippen LogP contribution >= 0.6 is 0 Å². The number of likely N-dealkylation sites (N-methyl/N-ethyl adjacent to an activating group) is 1. The SMILES string of the molecule is CCCCN(C)C(=O)COCc1cc(-c2ccc(F)cc2)on1. The average Bonchev–Trinajstić information content (AvgIpc) is 3.02. The molecule has 124 valence electrons. The van der Waals surface area contributed by atoms with Gasteiger partial charge in [-0.2, -0.15) is 0 Å². The van der Waals surface area contributed by atoms with Crippen molar-refractivity contribution in [2.75, 3.05) is 20.2 Å². The van der Waals surface area contributed by atoms with Crippen molar-refractivity contribution in [2.45, 2.75) is 26.4 Å². The number of halogens is 1. The van der Waals surface area contributed by atoms with Crippen LogP contribution in [0, 0.1) is 5.82 Å². The van der Waals surface area contributed by atoms with Crippen LogP contribution in [-0.2, 0) is 16.1 Å². The van der Waals surface area contributed by atoms with Crippen molar-refractivity contribution < 1.29 is 18.4 Å². The van der Waals surface area contributed by atoms with Crippen molar-refractivity contribution in [3.05, 3.63) is 41.8 Å². The molecule has 0 bridgehead atoms. The van der Waals surface area contributed by atoms with Gasteiger partial charge in [0.1, 0.15) is 18.1 Å². The molecular formula is C17H21FN2O3. The van der Waals surface area contributed by atoms with Crippen LogP contribution in [0.5, 0.6) is 0 Å². The summed E-state index contributed by atoms with van der Waals surface area (Å²) in [6, 6.07) is 7.68. The van der Waals surface area contributed by atoms with E-state index in [1.807, 2.05) is 0 Å². The first-order valence-electron chi connectivity index (χ1n) is 7.63. The van der Waals surface area contributed by atoms with Gasteiger partial charge >= 0.3 is 0 Å². The molecule has 0 unspecified atom stereocenters. The van der Waals surface area contributed by atoms with Gasteiger partial charge in [-0.15, -0.1) is 0 Å². The first-order chi connectivity index (χ1) is 11.1. The van der Waals surface area contributed by atoms with Crippen LogP contribution in [0.15, 0.2) is 34.9 Å². The summed E-state index contributed by atoms with van der Waals surface area (Å²) in [6.45, 7) is 3.02. The van der Waals surface area contributed by atoms with E-state index >= 15 is 0 Å². The van der Waals surface area contributed by atoms with Crippen molar-refractivity contribution >= 4 is 5.91 Å². The summed E-state index contributed by atoms with van der Waals surface area (Å²) in [5.74, 6) is 0.179. The smallest absolute Gasteiger partial charge is 0.248 e. The zero-order valence-corrected chi connectivity index (χ0v) is 13.4. The Morgan fingerprint density at radius 1 is 1.35 bits per heavy atom. The number of unbranched alkanes of at least 4 members (excludes halogenated alkanes) is 1. The molecule has 0 aliphatic heterocycles. The number of rotatable bonds is 8. The van der Waals surface area contributed by atoms with E-state index in [1.165, 1.54) is 12.1 Å². The number of aromatic nitrogens is 1. The van der Waals surface area contributed by atoms with E-state index < -0.39 is 0 Å². The highest BCUT2D eigenvalue weighted by Crippen LogP contribution is 2.20. The normalized spacial score (nSPS) is 10.7. The van der Waals surface area contributed by atoms with Crippen LogP contribution in [-0.4, -0.2) is 36.2 Å². The fourth-order valence-electron chi connectivity index (χ4n) is 2.00. The third kappa shape index (κ3) is 5.17. The van der Waals surface area contributed by atoms with Gasteiger partial charge in [0, 0.05) is 25.2 Å². The molecule has 0 fully saturated rings. The molecular weight excluding hydrogens is 299 g/mol. The largest absolute Gasteiger partial charge is 0.365 e. The van der Waals surface area contributed by atoms with Crippen LogP contribution in [0.3, 0.4) is 0 Å². The molecule has 0 atom stereocenters. The average molecular weight is 320 g/mol. The molecule has 0 spiro atoms. The summed E-state index contributed by atoms with van der Waals surface area (Å²) in [4.78, 5) is 13.5. The molecule has 0 radical (unpaired) electrons. The van der Waals surface area contributed by atoms with E-state index in [4.69, 9.17) is 9.26 Å². The molecule has 0 saturated carbocycles. The zero-order valence-electron chi connectivity index (χ0n) is 13.4. The van der Waals surface area contributed by atoms with Gasteiger partial charge in [-0.05, 0) is 30.7 Å². The van der Waals surface area contributed by atoms with Gasteiger partial charge < -0.3 is 14.2 Å². The number of hydrogen-bond donors (Lipinski definition) is 0. The Bertz CT molecular complexity index is 625. The lowest BCUT2D eigenvalue weighted by atomic mass is 10.1. The molecule has 1 amide bonds. The summed E-state index contributed by atoms with van der Waals surface area (Å²) < 4.78 is 23.5.